The van der Waals surface area contributed by atoms with E-state index in [4.69, 9.17) is 4.74 Å². The van der Waals surface area contributed by atoms with Crippen molar-refractivity contribution < 1.29 is 4.74 Å². The number of hydrogen-bond acceptors (Lipinski definition) is 5. The molecule has 22 heavy (non-hydrogen) atoms. The van der Waals surface area contributed by atoms with Gasteiger partial charge >= 0.3 is 0 Å². The Kier molecular flexibility index (Phi) is 4.76. The summed E-state index contributed by atoms with van der Waals surface area (Å²) < 4.78 is 5.16. The molecular formula is C17H24N2OS2. The summed E-state index contributed by atoms with van der Waals surface area (Å²) >= 11 is 3.67. The van der Waals surface area contributed by atoms with Crippen molar-refractivity contribution in [1.29, 1.82) is 0 Å². The zero-order valence-electron chi connectivity index (χ0n) is 13.8. The van der Waals surface area contributed by atoms with Crippen molar-refractivity contribution >= 4 is 33.3 Å². The summed E-state index contributed by atoms with van der Waals surface area (Å²) in [7, 11) is 1.75. The van der Waals surface area contributed by atoms with Gasteiger partial charge in [-0.3, -0.25) is 0 Å². The molecule has 1 atom stereocenters. The van der Waals surface area contributed by atoms with E-state index in [9.17, 15) is 0 Å². The molecule has 0 bridgehead atoms. The van der Waals surface area contributed by atoms with Gasteiger partial charge in [0.05, 0.1) is 6.61 Å². The Morgan fingerprint density at radius 3 is 2.91 bits per heavy atom. The molecule has 3 nitrogen and oxygen atoms in total. The largest absolute Gasteiger partial charge is 0.384 e. The molecule has 0 aliphatic heterocycles. The minimum absolute atomic E-state index is 0.385. The molecule has 1 aliphatic rings. The summed E-state index contributed by atoms with van der Waals surface area (Å²) in [6.07, 6.45) is 5.35. The third-order valence-corrected chi connectivity index (χ3v) is 6.68. The third-order valence-electron chi connectivity index (χ3n) is 4.56. The molecule has 2 heterocycles. The zero-order chi connectivity index (χ0) is 15.7. The van der Waals surface area contributed by atoms with Crippen molar-refractivity contribution in [2.24, 2.45) is 11.3 Å². The Bertz CT molecular complexity index is 660. The van der Waals surface area contributed by atoms with Gasteiger partial charge in [0.1, 0.15) is 16.2 Å². The van der Waals surface area contributed by atoms with Crippen LogP contribution in [0.1, 0.15) is 37.6 Å². The van der Waals surface area contributed by atoms with E-state index in [1.807, 2.05) is 11.3 Å². The number of rotatable bonds is 4. The van der Waals surface area contributed by atoms with Gasteiger partial charge < -0.3 is 4.74 Å². The summed E-state index contributed by atoms with van der Waals surface area (Å²) in [5.74, 6) is 1.71. The maximum Gasteiger partial charge on any atom is 0.128 e. The van der Waals surface area contributed by atoms with Crippen molar-refractivity contribution in [1.82, 2.24) is 9.97 Å². The van der Waals surface area contributed by atoms with Gasteiger partial charge in [0.15, 0.2) is 0 Å². The average molecular weight is 337 g/mol. The number of fused-ring (bicyclic) bond motifs is 3. The van der Waals surface area contributed by atoms with Crippen LogP contribution in [0.4, 0.5) is 0 Å². The van der Waals surface area contributed by atoms with E-state index in [0.717, 1.165) is 28.1 Å². The van der Waals surface area contributed by atoms with Gasteiger partial charge in [-0.25, -0.2) is 9.97 Å². The number of methoxy groups -OCH3 is 1. The van der Waals surface area contributed by atoms with Crippen LogP contribution in [0, 0.1) is 11.3 Å². The summed E-state index contributed by atoms with van der Waals surface area (Å²) in [5, 5.41) is 2.45. The highest BCUT2D eigenvalue weighted by Crippen LogP contribution is 2.44. The Morgan fingerprint density at radius 2 is 2.18 bits per heavy atom. The van der Waals surface area contributed by atoms with Crippen molar-refractivity contribution in [3.63, 3.8) is 0 Å². The van der Waals surface area contributed by atoms with Crippen LogP contribution >= 0.6 is 23.1 Å². The van der Waals surface area contributed by atoms with Crippen molar-refractivity contribution in [2.45, 2.75) is 45.1 Å². The average Bonchev–Trinajstić information content (AvgIpc) is 2.85. The van der Waals surface area contributed by atoms with Crippen LogP contribution in [0.15, 0.2) is 11.4 Å². The first kappa shape index (κ1) is 16.2. The van der Waals surface area contributed by atoms with Crippen molar-refractivity contribution in [3.05, 3.63) is 16.8 Å². The van der Waals surface area contributed by atoms with E-state index in [0.29, 0.717) is 5.41 Å². The molecular weight excluding hydrogens is 312 g/mol. The molecule has 0 radical (unpaired) electrons. The fourth-order valence-corrected chi connectivity index (χ4v) is 5.41. The van der Waals surface area contributed by atoms with Crippen LogP contribution in [-0.4, -0.2) is 29.4 Å². The number of aryl methyl sites for hydroxylation is 1. The van der Waals surface area contributed by atoms with Crippen LogP contribution in [0.5, 0.6) is 0 Å². The van der Waals surface area contributed by atoms with E-state index >= 15 is 0 Å². The zero-order valence-corrected chi connectivity index (χ0v) is 15.4. The molecule has 2 aromatic rings. The fourth-order valence-electron chi connectivity index (χ4n) is 3.15. The molecule has 120 valence electrons. The Morgan fingerprint density at radius 1 is 1.36 bits per heavy atom. The van der Waals surface area contributed by atoms with Crippen molar-refractivity contribution in [3.8, 4) is 0 Å². The summed E-state index contributed by atoms with van der Waals surface area (Å²) in [4.78, 5) is 11.8. The topological polar surface area (TPSA) is 35.0 Å². The van der Waals surface area contributed by atoms with Crippen LogP contribution in [0.3, 0.4) is 0 Å². The van der Waals surface area contributed by atoms with E-state index < -0.39 is 0 Å². The molecule has 0 saturated heterocycles. The van der Waals surface area contributed by atoms with Gasteiger partial charge in [-0.2, -0.15) is 0 Å². The SMILES string of the molecule is COCCSc1ncnc2sc3c(c12)CCC(C(C)(C)C)C3. The number of nitrogens with zero attached hydrogens (tertiary/aromatic N) is 2. The van der Waals surface area contributed by atoms with Crippen molar-refractivity contribution in [2.75, 3.05) is 19.5 Å². The molecule has 1 unspecified atom stereocenters. The summed E-state index contributed by atoms with van der Waals surface area (Å²) in [6, 6.07) is 0. The Labute approximate surface area is 140 Å². The standard InChI is InChI=1S/C17H24N2OS2/c1-17(2,3)11-5-6-12-13(9-11)22-16-14(12)15(18-10-19-16)21-8-7-20-4/h10-11H,5-9H2,1-4H3. The highest BCUT2D eigenvalue weighted by atomic mass is 32.2. The maximum absolute atomic E-state index is 5.16. The molecule has 3 rings (SSSR count). The lowest BCUT2D eigenvalue weighted by molar-refractivity contribution is 0.218. The number of thiophene rings is 1. The predicted octanol–water partition coefficient (Wildman–Crippen LogP) is 4.58. The van der Waals surface area contributed by atoms with Gasteiger partial charge in [0, 0.05) is 23.1 Å². The number of aromatic nitrogens is 2. The maximum atomic E-state index is 5.16. The first-order valence-corrected chi connectivity index (χ1v) is 9.68. The molecule has 1 aliphatic carbocycles. The van der Waals surface area contributed by atoms with Crippen LogP contribution in [0.25, 0.3) is 10.2 Å². The quantitative estimate of drug-likeness (QED) is 0.465. The smallest absolute Gasteiger partial charge is 0.128 e. The molecule has 0 spiro atoms. The summed E-state index contributed by atoms with van der Waals surface area (Å²) in [6.45, 7) is 7.85. The van der Waals surface area contributed by atoms with Gasteiger partial charge in [-0.15, -0.1) is 23.1 Å². The predicted molar refractivity (Wildman–Crippen MR) is 95.0 cm³/mol. The molecule has 0 N–H and O–H groups in total. The van der Waals surface area contributed by atoms with E-state index in [2.05, 4.69) is 30.7 Å². The first-order valence-electron chi connectivity index (χ1n) is 7.87. The van der Waals surface area contributed by atoms with E-state index in [-0.39, 0.29) is 0 Å². The van der Waals surface area contributed by atoms with Gasteiger partial charge in [-0.05, 0) is 36.2 Å². The second-order valence-corrected chi connectivity index (χ2v) is 9.18. The monoisotopic (exact) mass is 336 g/mol. The third kappa shape index (κ3) is 3.17. The van der Waals surface area contributed by atoms with Gasteiger partial charge in [0.25, 0.3) is 0 Å². The molecule has 0 fully saturated rings. The van der Waals surface area contributed by atoms with E-state index in [1.165, 1.54) is 35.1 Å². The number of hydrogen-bond donors (Lipinski definition) is 0. The molecule has 5 heteroatoms. The Balaban J connectivity index is 1.94. The second kappa shape index (κ2) is 6.46. The lowest BCUT2D eigenvalue weighted by Gasteiger charge is -2.33. The second-order valence-electron chi connectivity index (χ2n) is 7.01. The molecule has 0 saturated carbocycles. The lowest BCUT2D eigenvalue weighted by atomic mass is 9.72. The molecule has 0 amide bonds. The fraction of sp³-hybridized carbons (Fsp3) is 0.647. The van der Waals surface area contributed by atoms with Crippen LogP contribution in [0.2, 0.25) is 0 Å². The summed E-state index contributed by atoms with van der Waals surface area (Å²) in [5.41, 5.74) is 1.90. The Hall–Kier alpha value is -0.650. The normalized spacial score (nSPS) is 18.6. The lowest BCUT2D eigenvalue weighted by Crippen LogP contribution is -2.26. The van der Waals surface area contributed by atoms with E-state index in [1.54, 1.807) is 25.2 Å². The highest BCUT2D eigenvalue weighted by molar-refractivity contribution is 7.99. The highest BCUT2D eigenvalue weighted by Gasteiger charge is 2.31. The molecule has 2 aromatic heterocycles. The minimum Gasteiger partial charge on any atom is -0.384 e. The van der Waals surface area contributed by atoms with Gasteiger partial charge in [-0.1, -0.05) is 20.8 Å². The number of ether oxygens (including phenoxy) is 1. The van der Waals surface area contributed by atoms with Crippen LogP contribution < -0.4 is 0 Å². The minimum atomic E-state index is 0.385. The van der Waals surface area contributed by atoms with Crippen LogP contribution in [-0.2, 0) is 17.6 Å². The number of thioether (sulfide) groups is 1. The first-order chi connectivity index (χ1) is 10.5. The molecule has 0 aromatic carbocycles. The van der Waals surface area contributed by atoms with Gasteiger partial charge in [0.2, 0.25) is 0 Å².